The molecule has 1 heterocycles. The summed E-state index contributed by atoms with van der Waals surface area (Å²) in [4.78, 5) is 2.29. The molecule has 1 N–H and O–H groups in total. The van der Waals surface area contributed by atoms with Crippen LogP contribution in [-0.2, 0) is 14.8 Å². The molecule has 1 fully saturated rings. The molecule has 0 aliphatic carbocycles. The van der Waals surface area contributed by atoms with E-state index in [9.17, 15) is 8.42 Å². The van der Waals surface area contributed by atoms with Gasteiger partial charge in [0.25, 0.3) is 0 Å². The van der Waals surface area contributed by atoms with Crippen LogP contribution in [0.2, 0.25) is 10.0 Å². The van der Waals surface area contributed by atoms with Crippen LogP contribution in [0.4, 0.5) is 0 Å². The van der Waals surface area contributed by atoms with Gasteiger partial charge in [-0.2, -0.15) is 0 Å². The van der Waals surface area contributed by atoms with Crippen LogP contribution in [0.25, 0.3) is 0 Å². The van der Waals surface area contributed by atoms with Crippen molar-refractivity contribution < 1.29 is 13.2 Å². The molecule has 140 valence electrons. The molecular formula is C18H20Cl2N2O3S. The first-order valence-electron chi connectivity index (χ1n) is 8.28. The molecule has 26 heavy (non-hydrogen) atoms. The summed E-state index contributed by atoms with van der Waals surface area (Å²) in [5.41, 5.74) is 0.905. The number of morpholine rings is 1. The molecule has 2 aromatic carbocycles. The van der Waals surface area contributed by atoms with E-state index < -0.39 is 10.0 Å². The first-order valence-corrected chi connectivity index (χ1v) is 10.5. The molecule has 1 saturated heterocycles. The first kappa shape index (κ1) is 19.6. The van der Waals surface area contributed by atoms with Gasteiger partial charge in [0.1, 0.15) is 0 Å². The van der Waals surface area contributed by atoms with Crippen molar-refractivity contribution in [2.24, 2.45) is 0 Å². The fourth-order valence-electron chi connectivity index (χ4n) is 2.84. The topological polar surface area (TPSA) is 58.6 Å². The first-order chi connectivity index (χ1) is 12.5. The van der Waals surface area contributed by atoms with Crippen LogP contribution >= 0.6 is 23.2 Å². The summed E-state index contributed by atoms with van der Waals surface area (Å²) in [5.74, 6) is 0. The van der Waals surface area contributed by atoms with Gasteiger partial charge in [0.2, 0.25) is 10.0 Å². The summed E-state index contributed by atoms with van der Waals surface area (Å²) in [6.45, 7) is 3.42. The highest BCUT2D eigenvalue weighted by Crippen LogP contribution is 2.26. The van der Waals surface area contributed by atoms with Crippen molar-refractivity contribution in [3.63, 3.8) is 0 Å². The van der Waals surface area contributed by atoms with Crippen molar-refractivity contribution in [1.29, 1.82) is 0 Å². The molecule has 0 aromatic heterocycles. The van der Waals surface area contributed by atoms with E-state index in [-0.39, 0.29) is 16.0 Å². The van der Waals surface area contributed by atoms with Crippen LogP contribution in [0.5, 0.6) is 0 Å². The predicted octanol–water partition coefficient (Wildman–Crippen LogP) is 3.35. The summed E-state index contributed by atoms with van der Waals surface area (Å²) < 4.78 is 33.9. The Labute approximate surface area is 163 Å². The lowest BCUT2D eigenvalue weighted by Crippen LogP contribution is -2.43. The van der Waals surface area contributed by atoms with E-state index in [1.807, 2.05) is 30.3 Å². The van der Waals surface area contributed by atoms with E-state index in [0.717, 1.165) is 18.7 Å². The molecule has 0 bridgehead atoms. The van der Waals surface area contributed by atoms with Gasteiger partial charge in [-0.3, -0.25) is 4.90 Å². The van der Waals surface area contributed by atoms with E-state index in [4.69, 9.17) is 27.9 Å². The molecule has 0 radical (unpaired) electrons. The third kappa shape index (κ3) is 4.97. The Balaban J connectivity index is 1.85. The van der Waals surface area contributed by atoms with Gasteiger partial charge in [-0.25, -0.2) is 13.1 Å². The molecule has 1 aliphatic rings. The normalized spacial score (nSPS) is 17.2. The fourth-order valence-corrected chi connectivity index (χ4v) is 4.44. The Bertz CT molecular complexity index is 841. The molecule has 3 rings (SSSR count). The third-order valence-corrected chi connectivity index (χ3v) is 6.45. The van der Waals surface area contributed by atoms with Crippen LogP contribution in [0.3, 0.4) is 0 Å². The van der Waals surface area contributed by atoms with Gasteiger partial charge in [-0.15, -0.1) is 0 Å². The van der Waals surface area contributed by atoms with E-state index in [1.54, 1.807) is 0 Å². The van der Waals surface area contributed by atoms with E-state index >= 15 is 0 Å². The van der Waals surface area contributed by atoms with Crippen molar-refractivity contribution in [1.82, 2.24) is 9.62 Å². The molecule has 0 spiro atoms. The average molecular weight is 415 g/mol. The SMILES string of the molecule is O=S(=O)(NC(CN1CCOCC1)c1ccccc1)c1ccc(Cl)c(Cl)c1. The molecule has 0 amide bonds. The van der Waals surface area contributed by atoms with Crippen molar-refractivity contribution in [3.05, 3.63) is 64.1 Å². The molecule has 1 unspecified atom stereocenters. The quantitative estimate of drug-likeness (QED) is 0.786. The second kappa shape index (κ2) is 8.69. The number of ether oxygens (including phenoxy) is 1. The van der Waals surface area contributed by atoms with Crippen LogP contribution in [0.15, 0.2) is 53.4 Å². The standard InChI is InChI=1S/C18H20Cl2N2O3S/c19-16-7-6-15(12-17(16)20)26(23,24)21-18(14-4-2-1-3-5-14)13-22-8-10-25-11-9-22/h1-7,12,18,21H,8-11,13H2. The molecule has 0 saturated carbocycles. The zero-order chi connectivity index (χ0) is 18.6. The lowest BCUT2D eigenvalue weighted by molar-refractivity contribution is 0.0345. The van der Waals surface area contributed by atoms with Gasteiger partial charge in [0.05, 0.1) is 34.2 Å². The number of sulfonamides is 1. The summed E-state index contributed by atoms with van der Waals surface area (Å²) in [5, 5.41) is 0.525. The molecule has 1 atom stereocenters. The number of hydrogen-bond donors (Lipinski definition) is 1. The summed E-state index contributed by atoms with van der Waals surface area (Å²) in [6.07, 6.45) is 0. The van der Waals surface area contributed by atoms with Crippen molar-refractivity contribution in [3.8, 4) is 0 Å². The fraction of sp³-hybridized carbons (Fsp3) is 0.333. The van der Waals surface area contributed by atoms with Crippen LogP contribution in [0.1, 0.15) is 11.6 Å². The second-order valence-corrected chi connectivity index (χ2v) is 8.60. The minimum absolute atomic E-state index is 0.0924. The van der Waals surface area contributed by atoms with Gasteiger partial charge < -0.3 is 4.74 Å². The van der Waals surface area contributed by atoms with E-state index in [2.05, 4.69) is 9.62 Å². The van der Waals surface area contributed by atoms with Gasteiger partial charge in [-0.1, -0.05) is 53.5 Å². The van der Waals surface area contributed by atoms with Crippen LogP contribution in [-0.4, -0.2) is 46.2 Å². The zero-order valence-corrected chi connectivity index (χ0v) is 16.4. The number of hydrogen-bond acceptors (Lipinski definition) is 4. The van der Waals surface area contributed by atoms with E-state index in [0.29, 0.717) is 24.8 Å². The largest absolute Gasteiger partial charge is 0.379 e. The smallest absolute Gasteiger partial charge is 0.241 e. The zero-order valence-electron chi connectivity index (χ0n) is 14.1. The van der Waals surface area contributed by atoms with E-state index in [1.165, 1.54) is 18.2 Å². The number of halogens is 2. The lowest BCUT2D eigenvalue weighted by atomic mass is 10.1. The maximum Gasteiger partial charge on any atom is 0.241 e. The van der Waals surface area contributed by atoms with Crippen molar-refractivity contribution >= 4 is 33.2 Å². The monoisotopic (exact) mass is 414 g/mol. The number of rotatable bonds is 6. The van der Waals surface area contributed by atoms with Gasteiger partial charge in [-0.05, 0) is 23.8 Å². The highest BCUT2D eigenvalue weighted by molar-refractivity contribution is 7.89. The number of nitrogens with one attached hydrogen (secondary N) is 1. The third-order valence-electron chi connectivity index (χ3n) is 4.25. The minimum Gasteiger partial charge on any atom is -0.379 e. The molecule has 5 nitrogen and oxygen atoms in total. The van der Waals surface area contributed by atoms with Gasteiger partial charge in [0, 0.05) is 19.6 Å². The highest BCUT2D eigenvalue weighted by atomic mass is 35.5. The summed E-state index contributed by atoms with van der Waals surface area (Å²) in [7, 11) is -3.75. The van der Waals surface area contributed by atoms with Crippen molar-refractivity contribution in [2.75, 3.05) is 32.8 Å². The summed E-state index contributed by atoms with van der Waals surface area (Å²) in [6, 6.07) is 13.5. The average Bonchev–Trinajstić information content (AvgIpc) is 2.65. The second-order valence-electron chi connectivity index (χ2n) is 6.07. The Morgan fingerprint density at radius 1 is 1.04 bits per heavy atom. The van der Waals surface area contributed by atoms with Crippen molar-refractivity contribution in [2.45, 2.75) is 10.9 Å². The Morgan fingerprint density at radius 3 is 2.38 bits per heavy atom. The Morgan fingerprint density at radius 2 is 1.73 bits per heavy atom. The van der Waals surface area contributed by atoms with Crippen LogP contribution in [0, 0.1) is 0 Å². The summed E-state index contributed by atoms with van der Waals surface area (Å²) >= 11 is 11.9. The maximum atomic E-state index is 12.9. The Kier molecular flexibility index (Phi) is 6.55. The predicted molar refractivity (Wildman–Crippen MR) is 103 cm³/mol. The Hall–Kier alpha value is -1.15. The molecule has 8 heteroatoms. The van der Waals surface area contributed by atoms with Gasteiger partial charge >= 0.3 is 0 Å². The number of benzene rings is 2. The lowest BCUT2D eigenvalue weighted by Gasteiger charge is -2.31. The molecule has 2 aromatic rings. The minimum atomic E-state index is -3.75. The maximum absolute atomic E-state index is 12.9. The highest BCUT2D eigenvalue weighted by Gasteiger charge is 2.25. The van der Waals surface area contributed by atoms with Crippen LogP contribution < -0.4 is 4.72 Å². The number of nitrogens with zero attached hydrogens (tertiary/aromatic N) is 1. The molecular weight excluding hydrogens is 395 g/mol. The molecule has 1 aliphatic heterocycles. The van der Waals surface area contributed by atoms with Gasteiger partial charge in [0.15, 0.2) is 0 Å².